The van der Waals surface area contributed by atoms with Crippen LogP contribution in [0.2, 0.25) is 0 Å². The summed E-state index contributed by atoms with van der Waals surface area (Å²) < 4.78 is 25.3. The Labute approximate surface area is 145 Å². The van der Waals surface area contributed by atoms with E-state index in [4.69, 9.17) is 9.47 Å². The lowest BCUT2D eigenvalue weighted by molar-refractivity contribution is 0.0648. The van der Waals surface area contributed by atoms with Gasteiger partial charge in [0.1, 0.15) is 11.5 Å². The average molecular weight is 351 g/mol. The molecule has 25 heavy (non-hydrogen) atoms. The molecular weight excluding hydrogens is 329 g/mol. The Morgan fingerprint density at radius 3 is 2.80 bits per heavy atom. The van der Waals surface area contributed by atoms with E-state index in [1.807, 2.05) is 0 Å². The molecular formula is C17H22FN3O4. The highest BCUT2D eigenvalue weighted by molar-refractivity contribution is 5.94. The number of rotatable bonds is 9. The highest BCUT2D eigenvalue weighted by Gasteiger charge is 2.21. The van der Waals surface area contributed by atoms with Gasteiger partial charge in [0.15, 0.2) is 11.4 Å². The lowest BCUT2D eigenvalue weighted by Gasteiger charge is -2.16. The Balaban J connectivity index is 1.96. The van der Waals surface area contributed by atoms with Crippen molar-refractivity contribution in [1.29, 1.82) is 0 Å². The van der Waals surface area contributed by atoms with Gasteiger partial charge in [0.2, 0.25) is 0 Å². The maximum absolute atomic E-state index is 13.8. The first-order chi connectivity index (χ1) is 12.0. The first-order valence-electron chi connectivity index (χ1n) is 7.90. The number of aromatic nitrogens is 2. The molecule has 0 saturated carbocycles. The molecule has 7 nitrogen and oxygen atoms in total. The monoisotopic (exact) mass is 351 g/mol. The molecule has 0 aliphatic rings. The highest BCUT2D eigenvalue weighted by Crippen LogP contribution is 2.20. The number of amides is 1. The van der Waals surface area contributed by atoms with Crippen molar-refractivity contribution < 1.29 is 23.8 Å². The van der Waals surface area contributed by atoms with Gasteiger partial charge in [-0.3, -0.25) is 4.79 Å². The summed E-state index contributed by atoms with van der Waals surface area (Å²) >= 11 is 0. The minimum absolute atomic E-state index is 0.134. The number of benzene rings is 1. The topological polar surface area (TPSA) is 76.8 Å². The molecule has 0 atom stereocenters. The molecule has 1 heterocycles. The number of likely N-dealkylation sites (N-methyl/N-ethyl adjacent to an activating group) is 1. The molecule has 0 unspecified atom stereocenters. The molecule has 0 aliphatic carbocycles. The fourth-order valence-electron chi connectivity index (χ4n) is 2.17. The quantitative estimate of drug-likeness (QED) is 0.698. The van der Waals surface area contributed by atoms with E-state index in [9.17, 15) is 14.3 Å². The van der Waals surface area contributed by atoms with Crippen LogP contribution in [0.3, 0.4) is 0 Å². The maximum atomic E-state index is 13.8. The number of halogens is 1. The number of aromatic hydroxyl groups is 1. The van der Waals surface area contributed by atoms with E-state index >= 15 is 0 Å². The average Bonchev–Trinajstić information content (AvgIpc) is 2.99. The molecule has 1 amide bonds. The van der Waals surface area contributed by atoms with Gasteiger partial charge in [0, 0.05) is 33.9 Å². The van der Waals surface area contributed by atoms with Crippen LogP contribution in [-0.2, 0) is 9.47 Å². The Hall–Kier alpha value is -2.45. The van der Waals surface area contributed by atoms with Crippen molar-refractivity contribution in [1.82, 2.24) is 14.7 Å². The summed E-state index contributed by atoms with van der Waals surface area (Å²) in [6.07, 6.45) is 1.99. The van der Waals surface area contributed by atoms with Crippen molar-refractivity contribution in [2.75, 3.05) is 40.5 Å². The molecule has 1 aromatic heterocycles. The maximum Gasteiger partial charge on any atom is 0.278 e. The van der Waals surface area contributed by atoms with Crippen LogP contribution in [0.5, 0.6) is 5.75 Å². The first kappa shape index (κ1) is 18.9. The number of para-hydroxylation sites is 1. The summed E-state index contributed by atoms with van der Waals surface area (Å²) in [5, 5.41) is 14.0. The van der Waals surface area contributed by atoms with Gasteiger partial charge in [-0.2, -0.15) is 5.10 Å². The molecule has 0 fully saturated rings. The summed E-state index contributed by atoms with van der Waals surface area (Å²) in [6, 6.07) is 5.98. The summed E-state index contributed by atoms with van der Waals surface area (Å²) in [4.78, 5) is 13.8. The fraction of sp³-hybridized carbons (Fsp3) is 0.412. The Morgan fingerprint density at radius 1 is 1.32 bits per heavy atom. The number of carbonyl (C=O) groups is 1. The van der Waals surface area contributed by atoms with Crippen molar-refractivity contribution >= 4 is 5.91 Å². The number of methoxy groups -OCH3 is 1. The Bertz CT molecular complexity index is 705. The second kappa shape index (κ2) is 9.14. The molecule has 0 aliphatic heterocycles. The van der Waals surface area contributed by atoms with Gasteiger partial charge in [0.05, 0.1) is 12.8 Å². The van der Waals surface area contributed by atoms with E-state index in [2.05, 4.69) is 5.10 Å². The molecule has 0 spiro atoms. The second-order valence-electron chi connectivity index (χ2n) is 5.44. The van der Waals surface area contributed by atoms with Gasteiger partial charge >= 0.3 is 0 Å². The molecule has 1 N–H and O–H groups in total. The number of hydrogen-bond acceptors (Lipinski definition) is 5. The number of ether oxygens (including phenoxy) is 2. The minimum Gasteiger partial charge on any atom is -0.504 e. The lowest BCUT2D eigenvalue weighted by Crippen LogP contribution is -2.30. The normalized spacial score (nSPS) is 10.8. The van der Waals surface area contributed by atoms with Gasteiger partial charge in [-0.15, -0.1) is 0 Å². The van der Waals surface area contributed by atoms with E-state index in [0.29, 0.717) is 26.4 Å². The van der Waals surface area contributed by atoms with Crippen molar-refractivity contribution in [2.45, 2.75) is 6.42 Å². The van der Waals surface area contributed by atoms with Gasteiger partial charge in [0.25, 0.3) is 5.91 Å². The largest absolute Gasteiger partial charge is 0.504 e. The van der Waals surface area contributed by atoms with Gasteiger partial charge < -0.3 is 19.5 Å². The third kappa shape index (κ3) is 5.01. The van der Waals surface area contributed by atoms with Crippen LogP contribution in [0.4, 0.5) is 4.39 Å². The van der Waals surface area contributed by atoms with E-state index in [0.717, 1.165) is 11.1 Å². The van der Waals surface area contributed by atoms with E-state index < -0.39 is 11.7 Å². The van der Waals surface area contributed by atoms with Crippen LogP contribution in [0, 0.1) is 5.82 Å². The van der Waals surface area contributed by atoms with Crippen LogP contribution >= 0.6 is 0 Å². The summed E-state index contributed by atoms with van der Waals surface area (Å²) in [5.74, 6) is -1.27. The summed E-state index contributed by atoms with van der Waals surface area (Å²) in [5.41, 5.74) is 0.0196. The molecule has 2 rings (SSSR count). The zero-order valence-electron chi connectivity index (χ0n) is 14.3. The molecule has 0 saturated heterocycles. The molecule has 2 aromatic rings. The van der Waals surface area contributed by atoms with Crippen LogP contribution in [-0.4, -0.2) is 66.2 Å². The van der Waals surface area contributed by atoms with E-state index in [-0.39, 0.29) is 17.1 Å². The van der Waals surface area contributed by atoms with Crippen molar-refractivity contribution in [3.05, 3.63) is 42.0 Å². The third-order valence-corrected chi connectivity index (χ3v) is 3.55. The number of hydrogen-bond donors (Lipinski definition) is 1. The van der Waals surface area contributed by atoms with Gasteiger partial charge in [-0.1, -0.05) is 12.1 Å². The van der Waals surface area contributed by atoms with Crippen LogP contribution in [0.25, 0.3) is 5.69 Å². The van der Waals surface area contributed by atoms with Crippen LogP contribution in [0.1, 0.15) is 16.9 Å². The van der Waals surface area contributed by atoms with Crippen LogP contribution in [0.15, 0.2) is 30.5 Å². The van der Waals surface area contributed by atoms with E-state index in [1.54, 1.807) is 26.3 Å². The predicted octanol–water partition coefficient (Wildman–Crippen LogP) is 1.84. The molecule has 0 radical (unpaired) electrons. The third-order valence-electron chi connectivity index (χ3n) is 3.55. The van der Waals surface area contributed by atoms with Crippen molar-refractivity contribution in [3.63, 3.8) is 0 Å². The molecule has 136 valence electrons. The summed E-state index contributed by atoms with van der Waals surface area (Å²) in [6.45, 7) is 1.87. The van der Waals surface area contributed by atoms with Crippen LogP contribution < -0.4 is 0 Å². The number of nitrogens with zero attached hydrogens (tertiary/aromatic N) is 3. The molecule has 8 heteroatoms. The number of carbonyl (C=O) groups excluding carboxylic acids is 1. The standard InChI is InChI=1S/C17H22FN3O4/c1-20(8-11-25-10-5-9-24-2)17(23)16-15(22)12-21(19-16)14-7-4-3-6-13(14)18/h3-4,6-7,12,22H,5,8-11H2,1-2H3. The predicted molar refractivity (Wildman–Crippen MR) is 89.5 cm³/mol. The Kier molecular flexibility index (Phi) is 6.91. The fourth-order valence-corrected chi connectivity index (χ4v) is 2.17. The van der Waals surface area contributed by atoms with Crippen molar-refractivity contribution in [3.8, 4) is 11.4 Å². The smallest absolute Gasteiger partial charge is 0.278 e. The zero-order valence-corrected chi connectivity index (χ0v) is 14.3. The second-order valence-corrected chi connectivity index (χ2v) is 5.44. The summed E-state index contributed by atoms with van der Waals surface area (Å²) in [7, 11) is 3.21. The SMILES string of the molecule is COCCCOCCN(C)C(=O)c1nn(-c2ccccc2F)cc1O. The van der Waals surface area contributed by atoms with Gasteiger partial charge in [-0.05, 0) is 18.6 Å². The molecule has 1 aromatic carbocycles. The lowest BCUT2D eigenvalue weighted by atomic mass is 10.3. The van der Waals surface area contributed by atoms with E-state index in [1.165, 1.54) is 23.2 Å². The highest BCUT2D eigenvalue weighted by atomic mass is 19.1. The first-order valence-corrected chi connectivity index (χ1v) is 7.90. The molecule has 0 bridgehead atoms. The Morgan fingerprint density at radius 2 is 2.08 bits per heavy atom. The minimum atomic E-state index is -0.498. The zero-order chi connectivity index (χ0) is 18.2. The van der Waals surface area contributed by atoms with Gasteiger partial charge in [-0.25, -0.2) is 9.07 Å². The van der Waals surface area contributed by atoms with Crippen molar-refractivity contribution in [2.24, 2.45) is 0 Å².